The first-order chi connectivity index (χ1) is 9.24. The minimum atomic E-state index is -0.335. The first kappa shape index (κ1) is 13.2. The van der Waals surface area contributed by atoms with Gasteiger partial charge in [0.15, 0.2) is 6.73 Å². The van der Waals surface area contributed by atoms with Crippen molar-refractivity contribution >= 4 is 23.3 Å². The van der Waals surface area contributed by atoms with E-state index < -0.39 is 0 Å². The molecule has 2 aromatic carbocycles. The second-order valence-corrected chi connectivity index (χ2v) is 4.18. The maximum Gasteiger partial charge on any atom is 0.321 e. The van der Waals surface area contributed by atoms with Crippen LogP contribution in [0.5, 0.6) is 5.75 Å². The Labute approximate surface area is 116 Å². The zero-order valence-corrected chi connectivity index (χ0v) is 10.9. The summed E-state index contributed by atoms with van der Waals surface area (Å²) in [5.74, 6) is 0.703. The summed E-state index contributed by atoms with van der Waals surface area (Å²) in [6.07, 6.45) is 0. The molecule has 0 aliphatic rings. The second kappa shape index (κ2) is 6.66. The van der Waals surface area contributed by atoms with Gasteiger partial charge in [-0.1, -0.05) is 29.8 Å². The number of carbonyl (C=O) groups is 1. The lowest BCUT2D eigenvalue weighted by Crippen LogP contribution is -2.31. The van der Waals surface area contributed by atoms with Gasteiger partial charge in [0, 0.05) is 10.7 Å². The Morgan fingerprint density at radius 2 is 1.74 bits per heavy atom. The lowest BCUT2D eigenvalue weighted by Gasteiger charge is -2.09. The van der Waals surface area contributed by atoms with Crippen LogP contribution in [0, 0.1) is 0 Å². The Hall–Kier alpha value is -2.20. The lowest BCUT2D eigenvalue weighted by atomic mass is 10.3. The Kier molecular flexibility index (Phi) is 4.64. The fraction of sp³-hybridized carbons (Fsp3) is 0.0714. The van der Waals surface area contributed by atoms with Gasteiger partial charge in [-0.05, 0) is 36.4 Å². The molecule has 0 bridgehead atoms. The van der Waals surface area contributed by atoms with E-state index in [0.29, 0.717) is 16.5 Å². The summed E-state index contributed by atoms with van der Waals surface area (Å²) < 4.78 is 5.34. The number of carbonyl (C=O) groups excluding carboxylic acids is 1. The largest absolute Gasteiger partial charge is 0.473 e. The zero-order chi connectivity index (χ0) is 13.5. The fourth-order valence-electron chi connectivity index (χ4n) is 1.41. The Balaban J connectivity index is 1.74. The molecule has 0 unspecified atom stereocenters. The molecule has 0 aromatic heterocycles. The summed E-state index contributed by atoms with van der Waals surface area (Å²) in [7, 11) is 0. The average molecular weight is 277 g/mol. The van der Waals surface area contributed by atoms with Gasteiger partial charge in [-0.25, -0.2) is 4.79 Å². The van der Waals surface area contributed by atoms with Crippen LogP contribution in [0.3, 0.4) is 0 Å². The van der Waals surface area contributed by atoms with Crippen molar-refractivity contribution in [2.24, 2.45) is 0 Å². The lowest BCUT2D eigenvalue weighted by molar-refractivity contribution is 0.234. The topological polar surface area (TPSA) is 50.4 Å². The molecule has 2 aromatic rings. The Morgan fingerprint density at radius 1 is 1.05 bits per heavy atom. The minimum Gasteiger partial charge on any atom is -0.473 e. The highest BCUT2D eigenvalue weighted by Gasteiger charge is 2.01. The van der Waals surface area contributed by atoms with E-state index in [1.807, 2.05) is 30.3 Å². The number of benzene rings is 2. The van der Waals surface area contributed by atoms with Crippen LogP contribution in [0.4, 0.5) is 10.5 Å². The average Bonchev–Trinajstić information content (AvgIpc) is 2.43. The molecule has 0 saturated carbocycles. The van der Waals surface area contributed by atoms with Gasteiger partial charge < -0.3 is 15.4 Å². The summed E-state index contributed by atoms with van der Waals surface area (Å²) in [5.41, 5.74) is 0.668. The highest BCUT2D eigenvalue weighted by Crippen LogP contribution is 2.13. The molecule has 2 N–H and O–H groups in total. The fourth-order valence-corrected chi connectivity index (χ4v) is 1.54. The number of amides is 2. The van der Waals surface area contributed by atoms with Gasteiger partial charge in [-0.15, -0.1) is 0 Å². The SMILES string of the molecule is O=C(NCOc1ccccc1)Nc1ccc(Cl)cc1. The standard InChI is InChI=1S/C14H13ClN2O2/c15-11-6-8-12(9-7-11)17-14(18)16-10-19-13-4-2-1-3-5-13/h1-9H,10H2,(H2,16,17,18). The molecule has 2 rings (SSSR count). The van der Waals surface area contributed by atoms with E-state index >= 15 is 0 Å². The quantitative estimate of drug-likeness (QED) is 0.840. The van der Waals surface area contributed by atoms with Crippen molar-refractivity contribution in [1.29, 1.82) is 0 Å². The van der Waals surface area contributed by atoms with E-state index in [9.17, 15) is 4.79 Å². The highest BCUT2D eigenvalue weighted by atomic mass is 35.5. The van der Waals surface area contributed by atoms with Crippen LogP contribution in [0.1, 0.15) is 0 Å². The molecule has 0 spiro atoms. The van der Waals surface area contributed by atoms with Crippen molar-refractivity contribution in [2.45, 2.75) is 0 Å². The summed E-state index contributed by atoms with van der Waals surface area (Å²) >= 11 is 5.75. The summed E-state index contributed by atoms with van der Waals surface area (Å²) in [6.45, 7) is 0.101. The van der Waals surface area contributed by atoms with Crippen LogP contribution in [0.25, 0.3) is 0 Å². The number of ether oxygens (including phenoxy) is 1. The van der Waals surface area contributed by atoms with E-state index in [4.69, 9.17) is 16.3 Å². The maximum atomic E-state index is 11.6. The van der Waals surface area contributed by atoms with Crippen LogP contribution >= 0.6 is 11.6 Å². The Bertz CT molecular complexity index is 529. The van der Waals surface area contributed by atoms with E-state index in [0.717, 1.165) is 0 Å². The van der Waals surface area contributed by atoms with Gasteiger partial charge in [0.1, 0.15) is 5.75 Å². The monoisotopic (exact) mass is 276 g/mol. The molecule has 0 heterocycles. The zero-order valence-electron chi connectivity index (χ0n) is 10.1. The van der Waals surface area contributed by atoms with E-state index in [-0.39, 0.29) is 12.8 Å². The smallest absolute Gasteiger partial charge is 0.321 e. The number of rotatable bonds is 4. The number of hydrogen-bond donors (Lipinski definition) is 2. The number of anilines is 1. The number of hydrogen-bond acceptors (Lipinski definition) is 2. The first-order valence-corrected chi connectivity index (χ1v) is 6.10. The number of para-hydroxylation sites is 1. The second-order valence-electron chi connectivity index (χ2n) is 3.74. The van der Waals surface area contributed by atoms with Crippen LogP contribution in [-0.2, 0) is 0 Å². The van der Waals surface area contributed by atoms with Crippen molar-refractivity contribution in [1.82, 2.24) is 5.32 Å². The predicted molar refractivity (Wildman–Crippen MR) is 75.5 cm³/mol. The number of urea groups is 1. The van der Waals surface area contributed by atoms with Crippen molar-refractivity contribution in [2.75, 3.05) is 12.0 Å². The number of halogens is 1. The van der Waals surface area contributed by atoms with Gasteiger partial charge in [0.2, 0.25) is 0 Å². The first-order valence-electron chi connectivity index (χ1n) is 5.72. The molecule has 0 aliphatic heterocycles. The molecule has 0 atom stereocenters. The molecule has 0 saturated heterocycles. The summed E-state index contributed by atoms with van der Waals surface area (Å²) in [5, 5.41) is 5.88. The molecule has 98 valence electrons. The van der Waals surface area contributed by atoms with Crippen molar-refractivity contribution < 1.29 is 9.53 Å². The van der Waals surface area contributed by atoms with Crippen LogP contribution in [0.2, 0.25) is 5.02 Å². The van der Waals surface area contributed by atoms with Gasteiger partial charge >= 0.3 is 6.03 Å². The molecule has 4 nitrogen and oxygen atoms in total. The third-order valence-electron chi connectivity index (χ3n) is 2.32. The molecule has 19 heavy (non-hydrogen) atoms. The normalized spacial score (nSPS) is 9.74. The van der Waals surface area contributed by atoms with Gasteiger partial charge in [0.05, 0.1) is 0 Å². The predicted octanol–water partition coefficient (Wildman–Crippen LogP) is 3.50. The molecule has 5 heteroatoms. The number of nitrogens with one attached hydrogen (secondary N) is 2. The van der Waals surface area contributed by atoms with Crippen molar-refractivity contribution in [3.63, 3.8) is 0 Å². The molecule has 2 amide bonds. The summed E-state index contributed by atoms with van der Waals surface area (Å²) in [6, 6.07) is 15.8. The van der Waals surface area contributed by atoms with E-state index in [1.54, 1.807) is 24.3 Å². The molecular weight excluding hydrogens is 264 g/mol. The summed E-state index contributed by atoms with van der Waals surface area (Å²) in [4.78, 5) is 11.6. The van der Waals surface area contributed by atoms with Crippen LogP contribution in [-0.4, -0.2) is 12.8 Å². The molecule has 0 aliphatic carbocycles. The molecular formula is C14H13ClN2O2. The van der Waals surface area contributed by atoms with Gasteiger partial charge in [0.25, 0.3) is 0 Å². The molecule has 0 radical (unpaired) electrons. The van der Waals surface area contributed by atoms with Crippen molar-refractivity contribution in [3.05, 3.63) is 59.6 Å². The Morgan fingerprint density at radius 3 is 2.42 bits per heavy atom. The third kappa shape index (κ3) is 4.52. The molecule has 0 fully saturated rings. The van der Waals surface area contributed by atoms with E-state index in [2.05, 4.69) is 10.6 Å². The van der Waals surface area contributed by atoms with Gasteiger partial charge in [-0.2, -0.15) is 0 Å². The van der Waals surface area contributed by atoms with Crippen LogP contribution in [0.15, 0.2) is 54.6 Å². The van der Waals surface area contributed by atoms with Gasteiger partial charge in [-0.3, -0.25) is 0 Å². The third-order valence-corrected chi connectivity index (χ3v) is 2.57. The minimum absolute atomic E-state index is 0.101. The van der Waals surface area contributed by atoms with Crippen molar-refractivity contribution in [3.8, 4) is 5.75 Å². The maximum absolute atomic E-state index is 11.6. The van der Waals surface area contributed by atoms with E-state index in [1.165, 1.54) is 0 Å². The highest BCUT2D eigenvalue weighted by molar-refractivity contribution is 6.30. The van der Waals surface area contributed by atoms with Crippen LogP contribution < -0.4 is 15.4 Å².